The van der Waals surface area contributed by atoms with E-state index < -0.39 is 0 Å². The quantitative estimate of drug-likeness (QED) is 0.703. The predicted octanol–water partition coefficient (Wildman–Crippen LogP) is 2.04. The topological polar surface area (TPSA) is 42.0 Å². The molecule has 15 heavy (non-hydrogen) atoms. The van der Waals surface area contributed by atoms with Crippen LogP contribution in [-0.2, 0) is 11.2 Å². The van der Waals surface area contributed by atoms with Crippen LogP contribution < -0.4 is 5.32 Å². The lowest BCUT2D eigenvalue weighted by molar-refractivity contribution is -0.115. The number of carbonyl (C=O) groups is 1. The number of anilines is 1. The fourth-order valence-corrected chi connectivity index (χ4v) is 2.08. The molecule has 1 N–H and O–H groups in total. The van der Waals surface area contributed by atoms with Gasteiger partial charge in [0.15, 0.2) is 0 Å². The van der Waals surface area contributed by atoms with E-state index in [1.54, 1.807) is 0 Å². The Bertz CT molecular complexity index is 575. The van der Waals surface area contributed by atoms with Crippen molar-refractivity contribution < 1.29 is 4.79 Å². The number of fused-ring (bicyclic) bond motifs is 3. The number of aryl methyl sites for hydroxylation is 1. The first-order chi connectivity index (χ1) is 7.25. The number of pyridine rings is 1. The minimum atomic E-state index is 0.0613. The van der Waals surface area contributed by atoms with Gasteiger partial charge in [-0.05, 0) is 13.0 Å². The molecule has 0 spiro atoms. The molecule has 1 aromatic carbocycles. The van der Waals surface area contributed by atoms with Crippen molar-refractivity contribution in [2.45, 2.75) is 13.3 Å². The third-order valence-electron chi connectivity index (χ3n) is 2.80. The van der Waals surface area contributed by atoms with E-state index in [0.717, 1.165) is 27.8 Å². The fraction of sp³-hybridized carbons (Fsp3) is 0.167. The Morgan fingerprint density at radius 1 is 1.33 bits per heavy atom. The molecule has 0 unspecified atom stereocenters. The molecule has 0 bridgehead atoms. The fourth-order valence-electron chi connectivity index (χ4n) is 2.08. The Hall–Kier alpha value is -1.90. The maximum Gasteiger partial charge on any atom is 0.228 e. The van der Waals surface area contributed by atoms with Gasteiger partial charge in [-0.15, -0.1) is 0 Å². The standard InChI is InChI=1S/C12H10N2O/c1-7-9-6-11(15)14-12(9)8-4-2-3-5-10(8)13-7/h2-5H,6H2,1H3,(H,14,15). The highest BCUT2D eigenvalue weighted by Gasteiger charge is 2.22. The normalized spacial score (nSPS) is 14.1. The van der Waals surface area contributed by atoms with Gasteiger partial charge in [0, 0.05) is 16.6 Å². The number of carbonyl (C=O) groups excluding carboxylic acids is 1. The second-order valence-electron chi connectivity index (χ2n) is 3.79. The van der Waals surface area contributed by atoms with Crippen molar-refractivity contribution in [1.82, 2.24) is 4.98 Å². The van der Waals surface area contributed by atoms with Crippen LogP contribution in [0.2, 0.25) is 0 Å². The van der Waals surface area contributed by atoms with E-state index in [1.165, 1.54) is 0 Å². The zero-order valence-corrected chi connectivity index (χ0v) is 8.37. The van der Waals surface area contributed by atoms with Crippen molar-refractivity contribution in [3.63, 3.8) is 0 Å². The summed E-state index contributed by atoms with van der Waals surface area (Å²) in [6.07, 6.45) is 0.457. The Morgan fingerprint density at radius 3 is 3.00 bits per heavy atom. The van der Waals surface area contributed by atoms with Crippen molar-refractivity contribution in [2.24, 2.45) is 0 Å². The molecule has 0 atom stereocenters. The van der Waals surface area contributed by atoms with Gasteiger partial charge in [-0.1, -0.05) is 18.2 Å². The van der Waals surface area contributed by atoms with Crippen LogP contribution in [0.15, 0.2) is 24.3 Å². The predicted molar refractivity (Wildman–Crippen MR) is 58.8 cm³/mol. The summed E-state index contributed by atoms with van der Waals surface area (Å²) in [7, 11) is 0. The van der Waals surface area contributed by atoms with Crippen molar-refractivity contribution >= 4 is 22.5 Å². The van der Waals surface area contributed by atoms with Gasteiger partial charge >= 0.3 is 0 Å². The summed E-state index contributed by atoms with van der Waals surface area (Å²) < 4.78 is 0. The minimum absolute atomic E-state index is 0.0613. The molecule has 1 amide bonds. The van der Waals surface area contributed by atoms with Crippen molar-refractivity contribution in [1.29, 1.82) is 0 Å². The number of nitrogens with zero attached hydrogens (tertiary/aromatic N) is 1. The van der Waals surface area contributed by atoms with Crippen LogP contribution in [0.3, 0.4) is 0 Å². The summed E-state index contributed by atoms with van der Waals surface area (Å²) in [6, 6.07) is 7.88. The third-order valence-corrected chi connectivity index (χ3v) is 2.80. The van der Waals surface area contributed by atoms with Crippen LogP contribution in [0.5, 0.6) is 0 Å². The van der Waals surface area contributed by atoms with E-state index in [0.29, 0.717) is 6.42 Å². The van der Waals surface area contributed by atoms with Crippen LogP contribution in [-0.4, -0.2) is 10.9 Å². The van der Waals surface area contributed by atoms with Gasteiger partial charge in [0.05, 0.1) is 17.6 Å². The zero-order valence-electron chi connectivity index (χ0n) is 8.37. The molecule has 0 fully saturated rings. The van der Waals surface area contributed by atoms with Crippen molar-refractivity contribution in [3.05, 3.63) is 35.5 Å². The first-order valence-corrected chi connectivity index (χ1v) is 4.94. The van der Waals surface area contributed by atoms with Gasteiger partial charge < -0.3 is 5.32 Å². The highest BCUT2D eigenvalue weighted by molar-refractivity contribution is 6.08. The summed E-state index contributed by atoms with van der Waals surface area (Å²) in [5.74, 6) is 0.0613. The van der Waals surface area contributed by atoms with Crippen LogP contribution in [0.1, 0.15) is 11.3 Å². The molecule has 74 valence electrons. The summed E-state index contributed by atoms with van der Waals surface area (Å²) in [5, 5.41) is 3.93. The lowest BCUT2D eigenvalue weighted by Gasteiger charge is -2.06. The lowest BCUT2D eigenvalue weighted by Crippen LogP contribution is -2.03. The van der Waals surface area contributed by atoms with Crippen LogP contribution >= 0.6 is 0 Å². The summed E-state index contributed by atoms with van der Waals surface area (Å²) in [6.45, 7) is 1.95. The molecule has 0 saturated carbocycles. The number of aromatic nitrogens is 1. The molecule has 3 rings (SSSR count). The van der Waals surface area contributed by atoms with Crippen LogP contribution in [0.25, 0.3) is 10.9 Å². The number of benzene rings is 1. The number of amides is 1. The van der Waals surface area contributed by atoms with E-state index in [-0.39, 0.29) is 5.91 Å². The van der Waals surface area contributed by atoms with Crippen LogP contribution in [0, 0.1) is 6.92 Å². The van der Waals surface area contributed by atoms with Crippen molar-refractivity contribution in [3.8, 4) is 0 Å². The Balaban J connectivity index is 2.43. The summed E-state index contributed by atoms with van der Waals surface area (Å²) in [4.78, 5) is 15.8. The summed E-state index contributed by atoms with van der Waals surface area (Å²) in [5.41, 5.74) is 3.87. The van der Waals surface area contributed by atoms with Gasteiger partial charge in [0.2, 0.25) is 5.91 Å². The number of rotatable bonds is 0. The SMILES string of the molecule is Cc1nc2ccccc2c2c1CC(=O)N2. The number of nitrogens with one attached hydrogen (secondary N) is 1. The first-order valence-electron chi connectivity index (χ1n) is 4.94. The van der Waals surface area contributed by atoms with E-state index >= 15 is 0 Å². The first kappa shape index (κ1) is 8.41. The number of hydrogen-bond acceptors (Lipinski definition) is 2. The van der Waals surface area contributed by atoms with Crippen LogP contribution in [0.4, 0.5) is 5.69 Å². The maximum atomic E-state index is 11.4. The van der Waals surface area contributed by atoms with E-state index in [4.69, 9.17) is 0 Å². The monoisotopic (exact) mass is 198 g/mol. The van der Waals surface area contributed by atoms with Gasteiger partial charge in [-0.25, -0.2) is 0 Å². The summed E-state index contributed by atoms with van der Waals surface area (Å²) >= 11 is 0. The highest BCUT2D eigenvalue weighted by Crippen LogP contribution is 2.32. The molecule has 3 nitrogen and oxygen atoms in total. The smallest absolute Gasteiger partial charge is 0.228 e. The molecule has 3 heteroatoms. The Morgan fingerprint density at radius 2 is 2.13 bits per heavy atom. The largest absolute Gasteiger partial charge is 0.325 e. The molecule has 0 radical (unpaired) electrons. The molecule has 1 aliphatic rings. The second kappa shape index (κ2) is 2.79. The second-order valence-corrected chi connectivity index (χ2v) is 3.79. The zero-order chi connectivity index (χ0) is 10.4. The molecule has 1 aliphatic heterocycles. The molecule has 2 heterocycles. The van der Waals surface area contributed by atoms with Crippen molar-refractivity contribution in [2.75, 3.05) is 5.32 Å². The average molecular weight is 198 g/mol. The van der Waals surface area contributed by atoms with E-state index in [1.807, 2.05) is 31.2 Å². The lowest BCUT2D eigenvalue weighted by atomic mass is 10.1. The van der Waals surface area contributed by atoms with E-state index in [9.17, 15) is 4.79 Å². The number of para-hydroxylation sites is 1. The number of hydrogen-bond donors (Lipinski definition) is 1. The highest BCUT2D eigenvalue weighted by atomic mass is 16.1. The average Bonchev–Trinajstić information content (AvgIpc) is 2.61. The van der Waals surface area contributed by atoms with Gasteiger partial charge in [-0.3, -0.25) is 9.78 Å². The molecule has 2 aromatic rings. The Kier molecular flexibility index (Phi) is 1.57. The molecule has 1 aromatic heterocycles. The molecular weight excluding hydrogens is 188 g/mol. The molecular formula is C12H10N2O. The van der Waals surface area contributed by atoms with Gasteiger partial charge in [0.1, 0.15) is 0 Å². The molecule has 0 saturated heterocycles. The third kappa shape index (κ3) is 1.13. The Labute approximate surface area is 87.1 Å². The van der Waals surface area contributed by atoms with E-state index in [2.05, 4.69) is 10.3 Å². The van der Waals surface area contributed by atoms with Gasteiger partial charge in [-0.2, -0.15) is 0 Å². The molecule has 0 aliphatic carbocycles. The maximum absolute atomic E-state index is 11.4. The van der Waals surface area contributed by atoms with Gasteiger partial charge in [0.25, 0.3) is 0 Å². The minimum Gasteiger partial charge on any atom is -0.325 e.